The Morgan fingerprint density at radius 2 is 1.75 bits per heavy atom. The molecule has 0 bridgehead atoms. The summed E-state index contributed by atoms with van der Waals surface area (Å²) in [5.74, 6) is -1.42. The molecule has 1 fully saturated rings. The fourth-order valence-electron chi connectivity index (χ4n) is 4.73. The Morgan fingerprint density at radius 3 is 2.42 bits per heavy atom. The number of benzene rings is 2. The first-order valence-electron chi connectivity index (χ1n) is 13.3. The molecule has 11 nitrogen and oxygen atoms in total. The van der Waals surface area contributed by atoms with E-state index in [4.69, 9.17) is 9.47 Å². The van der Waals surface area contributed by atoms with Crippen LogP contribution in [0.3, 0.4) is 0 Å². The molecule has 2 aliphatic rings. The zero-order valence-electron chi connectivity index (χ0n) is 22.5. The van der Waals surface area contributed by atoms with Crippen molar-refractivity contribution in [2.45, 2.75) is 51.2 Å². The van der Waals surface area contributed by atoms with Crippen LogP contribution in [0.15, 0.2) is 48.5 Å². The predicted octanol–water partition coefficient (Wildman–Crippen LogP) is 1.11. The number of aldehydes is 1. The normalized spacial score (nSPS) is 17.9. The number of nitrogens with one attached hydrogen (secondary N) is 4. The van der Waals surface area contributed by atoms with Crippen LogP contribution >= 0.6 is 0 Å². The minimum absolute atomic E-state index is 0.0705. The first kappa shape index (κ1) is 28.6. The number of ether oxygens (including phenoxy) is 2. The Morgan fingerprint density at radius 1 is 1.00 bits per heavy atom. The molecule has 2 aromatic rings. The van der Waals surface area contributed by atoms with Crippen molar-refractivity contribution in [2.24, 2.45) is 11.8 Å². The fourth-order valence-corrected chi connectivity index (χ4v) is 4.73. The van der Waals surface area contributed by atoms with Crippen molar-refractivity contribution < 1.29 is 33.4 Å². The van der Waals surface area contributed by atoms with Gasteiger partial charge in [0.05, 0.1) is 6.04 Å². The van der Waals surface area contributed by atoms with Crippen molar-refractivity contribution in [3.05, 3.63) is 59.7 Å². The lowest BCUT2D eigenvalue weighted by Gasteiger charge is -2.26. The minimum atomic E-state index is -1.03. The number of carbonyl (C=O) groups excluding carboxylic acids is 5. The van der Waals surface area contributed by atoms with E-state index in [9.17, 15) is 24.0 Å². The van der Waals surface area contributed by atoms with Crippen LogP contribution in [0, 0.1) is 11.8 Å². The number of amides is 4. The molecule has 4 amide bonds. The molecule has 0 saturated carbocycles. The molecule has 0 spiro atoms. The summed E-state index contributed by atoms with van der Waals surface area (Å²) in [6.07, 6.45) is 1.53. The van der Waals surface area contributed by atoms with Gasteiger partial charge in [0.1, 0.15) is 18.4 Å². The number of carbonyl (C=O) groups is 5. The van der Waals surface area contributed by atoms with Crippen molar-refractivity contribution in [3.63, 3.8) is 0 Å². The first-order chi connectivity index (χ1) is 19.2. The van der Waals surface area contributed by atoms with Crippen molar-refractivity contribution in [3.8, 4) is 11.5 Å². The van der Waals surface area contributed by atoms with E-state index < -0.39 is 35.8 Å². The van der Waals surface area contributed by atoms with Crippen molar-refractivity contribution in [1.29, 1.82) is 0 Å². The van der Waals surface area contributed by atoms with Gasteiger partial charge in [0.2, 0.25) is 24.5 Å². The van der Waals surface area contributed by atoms with E-state index in [0.717, 1.165) is 5.56 Å². The fraction of sp³-hybridized carbons (Fsp3) is 0.414. The molecule has 1 saturated heterocycles. The summed E-state index contributed by atoms with van der Waals surface area (Å²) < 4.78 is 10.6. The van der Waals surface area contributed by atoms with E-state index >= 15 is 0 Å². The Bertz CT molecular complexity index is 1250. The SMILES string of the molecule is CC(C)[C@H](NC(=O)c1ccc2c(c1)OCO2)C(=O)N[C@@H](Cc1ccccc1)C(=O)N[C@H](C=O)C[C@@H]1CCNC1=O. The summed E-state index contributed by atoms with van der Waals surface area (Å²) in [5.41, 5.74) is 1.09. The average molecular weight is 551 g/mol. The van der Waals surface area contributed by atoms with Crippen LogP contribution in [0.25, 0.3) is 0 Å². The highest BCUT2D eigenvalue weighted by atomic mass is 16.7. The molecule has 2 heterocycles. The van der Waals surface area contributed by atoms with Crippen LogP contribution < -0.4 is 30.7 Å². The van der Waals surface area contributed by atoms with Gasteiger partial charge in [-0.3, -0.25) is 19.2 Å². The minimum Gasteiger partial charge on any atom is -0.454 e. The third-order valence-corrected chi connectivity index (χ3v) is 6.98. The van der Waals surface area contributed by atoms with Crippen molar-refractivity contribution in [1.82, 2.24) is 21.3 Å². The predicted molar refractivity (Wildman–Crippen MR) is 144 cm³/mol. The maximum atomic E-state index is 13.4. The van der Waals surface area contributed by atoms with Gasteiger partial charge in [-0.2, -0.15) is 0 Å². The molecule has 0 radical (unpaired) electrons. The van der Waals surface area contributed by atoms with Crippen LogP contribution in [-0.2, 0) is 25.6 Å². The summed E-state index contributed by atoms with van der Waals surface area (Å²) in [4.78, 5) is 63.6. The quantitative estimate of drug-likeness (QED) is 0.289. The average Bonchev–Trinajstić information content (AvgIpc) is 3.59. The van der Waals surface area contributed by atoms with Crippen molar-refractivity contribution >= 4 is 29.9 Å². The number of hydrogen-bond acceptors (Lipinski definition) is 7. The molecule has 2 aromatic carbocycles. The Kier molecular flexibility index (Phi) is 9.36. The van der Waals surface area contributed by atoms with Gasteiger partial charge in [-0.1, -0.05) is 44.2 Å². The van der Waals surface area contributed by atoms with Crippen LogP contribution in [0.1, 0.15) is 42.6 Å². The highest BCUT2D eigenvalue weighted by Gasteiger charge is 2.32. The second kappa shape index (κ2) is 13.1. The number of hydrogen-bond donors (Lipinski definition) is 4. The molecule has 4 atom stereocenters. The number of fused-ring (bicyclic) bond motifs is 1. The smallest absolute Gasteiger partial charge is 0.252 e. The van der Waals surface area contributed by atoms with Crippen LogP contribution in [-0.4, -0.2) is 61.4 Å². The zero-order valence-corrected chi connectivity index (χ0v) is 22.5. The number of rotatable bonds is 12. The zero-order chi connectivity index (χ0) is 28.6. The molecule has 11 heteroatoms. The van der Waals surface area contributed by atoms with Gasteiger partial charge in [-0.15, -0.1) is 0 Å². The lowest BCUT2D eigenvalue weighted by atomic mass is 9.98. The van der Waals surface area contributed by atoms with Gasteiger partial charge in [-0.25, -0.2) is 0 Å². The Balaban J connectivity index is 1.46. The Labute approximate surface area is 232 Å². The highest BCUT2D eigenvalue weighted by Crippen LogP contribution is 2.32. The van der Waals surface area contributed by atoms with Crippen LogP contribution in [0.5, 0.6) is 11.5 Å². The lowest BCUT2D eigenvalue weighted by Crippen LogP contribution is -2.57. The second-order valence-corrected chi connectivity index (χ2v) is 10.3. The van der Waals surface area contributed by atoms with Gasteiger partial charge in [0, 0.05) is 24.4 Å². The molecule has 40 heavy (non-hydrogen) atoms. The molecule has 0 aromatic heterocycles. The molecule has 212 valence electrons. The summed E-state index contributed by atoms with van der Waals surface area (Å²) >= 11 is 0. The van der Waals surface area contributed by atoms with Crippen LogP contribution in [0.2, 0.25) is 0 Å². The highest BCUT2D eigenvalue weighted by molar-refractivity contribution is 5.99. The van der Waals surface area contributed by atoms with Crippen LogP contribution in [0.4, 0.5) is 0 Å². The third-order valence-electron chi connectivity index (χ3n) is 6.98. The summed E-state index contributed by atoms with van der Waals surface area (Å²) in [6, 6.07) is 11.0. The van der Waals surface area contributed by atoms with E-state index in [2.05, 4.69) is 21.3 Å². The maximum Gasteiger partial charge on any atom is 0.252 e. The molecule has 0 unspecified atom stereocenters. The van der Waals surface area contributed by atoms with Crippen molar-refractivity contribution in [2.75, 3.05) is 13.3 Å². The van der Waals surface area contributed by atoms with E-state index in [1.807, 2.05) is 30.3 Å². The molecular weight excluding hydrogens is 516 g/mol. The van der Waals surface area contributed by atoms with Gasteiger partial charge in [0.15, 0.2) is 11.5 Å². The van der Waals surface area contributed by atoms with Gasteiger partial charge < -0.3 is 35.5 Å². The largest absolute Gasteiger partial charge is 0.454 e. The molecule has 2 aliphatic heterocycles. The van der Waals surface area contributed by atoms with E-state index in [-0.39, 0.29) is 37.4 Å². The maximum absolute atomic E-state index is 13.4. The van der Waals surface area contributed by atoms with E-state index in [1.54, 1.807) is 32.0 Å². The van der Waals surface area contributed by atoms with Gasteiger partial charge in [-0.05, 0) is 42.5 Å². The van der Waals surface area contributed by atoms with Gasteiger partial charge >= 0.3 is 0 Å². The molecular formula is C29H34N4O7. The third kappa shape index (κ3) is 7.16. The standard InChI is InChI=1S/C29H34N4O7/c1-17(2)25(33-27(36)19-8-9-23-24(14-19)40-16-39-23)29(38)32-22(12-18-6-4-3-5-7-18)28(37)31-21(15-34)13-20-10-11-30-26(20)35/h3-9,14-15,17,20-22,25H,10-13,16H2,1-2H3,(H,30,35)(H,31,37)(H,32,38)(H,33,36)/t20-,21-,22-,25-/m0/s1. The molecule has 4 rings (SSSR count). The summed E-state index contributed by atoms with van der Waals surface area (Å²) in [7, 11) is 0. The topological polar surface area (TPSA) is 152 Å². The molecule has 0 aliphatic carbocycles. The second-order valence-electron chi connectivity index (χ2n) is 10.3. The lowest BCUT2D eigenvalue weighted by molar-refractivity contribution is -0.131. The Hall–Kier alpha value is -4.41. The first-order valence-corrected chi connectivity index (χ1v) is 13.3. The van der Waals surface area contributed by atoms with E-state index in [0.29, 0.717) is 36.3 Å². The molecule has 4 N–H and O–H groups in total. The summed E-state index contributed by atoms with van der Waals surface area (Å²) in [5, 5.41) is 10.9. The van der Waals surface area contributed by atoms with E-state index in [1.165, 1.54) is 0 Å². The monoisotopic (exact) mass is 550 g/mol. The summed E-state index contributed by atoms with van der Waals surface area (Å²) in [6.45, 7) is 4.17. The van der Waals surface area contributed by atoms with Gasteiger partial charge in [0.25, 0.3) is 5.91 Å².